The maximum atomic E-state index is 10.4. The van der Waals surface area contributed by atoms with E-state index in [2.05, 4.69) is 0 Å². The molecule has 0 rings (SSSR count). The highest BCUT2D eigenvalue weighted by molar-refractivity contribution is 5.66. The second-order valence-corrected chi connectivity index (χ2v) is 4.45. The van der Waals surface area contributed by atoms with E-state index < -0.39 is 18.7 Å². The molecule has 0 amide bonds. The highest BCUT2D eigenvalue weighted by Gasteiger charge is 1.96. The lowest BCUT2D eigenvalue weighted by molar-refractivity contribution is -0.137. The molecule has 0 aromatic carbocycles. The van der Waals surface area contributed by atoms with Crippen LogP contribution in [0.25, 0.3) is 0 Å². The number of hydrogen-bond donors (Lipinski definition) is 1. The van der Waals surface area contributed by atoms with Gasteiger partial charge in [0.2, 0.25) is 0 Å². The SMILES string of the molecule is [2H]/C(=C/CCCC)C([2H])([2H])C([2H])([2H])CCCCCCCC(=O)O. The number of hydrogen-bond acceptors (Lipinski definition) is 1. The highest BCUT2D eigenvalue weighted by Crippen LogP contribution is 2.10. The molecule has 0 spiro atoms. The minimum Gasteiger partial charge on any atom is -0.481 e. The first-order chi connectivity index (χ1) is 10.6. The van der Waals surface area contributed by atoms with Crippen LogP contribution < -0.4 is 0 Å². The molecule has 0 saturated heterocycles. The predicted octanol–water partition coefficient (Wildman–Crippen LogP) is 5.33. The van der Waals surface area contributed by atoms with Gasteiger partial charge in [-0.25, -0.2) is 0 Å². The van der Waals surface area contributed by atoms with Gasteiger partial charge >= 0.3 is 5.97 Å². The second-order valence-electron chi connectivity index (χ2n) is 4.45. The zero-order chi connectivity index (χ0) is 17.9. The molecule has 0 fully saturated rings. The first kappa shape index (κ1) is 10.1. The van der Waals surface area contributed by atoms with E-state index in [0.29, 0.717) is 19.3 Å². The van der Waals surface area contributed by atoms with Gasteiger partial charge in [-0.1, -0.05) is 64.0 Å². The molecule has 0 bridgehead atoms. The molecular weight excluding hydrogens is 224 g/mol. The third-order valence-electron chi connectivity index (χ3n) is 2.66. The lowest BCUT2D eigenvalue weighted by Crippen LogP contribution is -1.93. The minimum atomic E-state index is -2.27. The average Bonchev–Trinajstić information content (AvgIpc) is 2.45. The summed E-state index contributed by atoms with van der Waals surface area (Å²) in [6.07, 6.45) is 3.37. The van der Waals surface area contributed by atoms with Gasteiger partial charge < -0.3 is 5.11 Å². The number of rotatable bonds is 13. The molecule has 0 aliphatic heterocycles. The quantitative estimate of drug-likeness (QED) is 0.358. The van der Waals surface area contributed by atoms with E-state index >= 15 is 0 Å². The highest BCUT2D eigenvalue weighted by atomic mass is 16.4. The average molecular weight is 259 g/mol. The fourth-order valence-electron chi connectivity index (χ4n) is 1.56. The molecular formula is C16H30O2. The maximum absolute atomic E-state index is 10.4. The van der Waals surface area contributed by atoms with Crippen LogP contribution in [-0.4, -0.2) is 11.1 Å². The monoisotopic (exact) mass is 259 g/mol. The van der Waals surface area contributed by atoms with E-state index in [1.54, 1.807) is 0 Å². The molecule has 18 heavy (non-hydrogen) atoms. The predicted molar refractivity (Wildman–Crippen MR) is 77.9 cm³/mol. The van der Waals surface area contributed by atoms with Crippen LogP contribution in [0, 0.1) is 0 Å². The Balaban J connectivity index is 4.22. The van der Waals surface area contributed by atoms with E-state index in [9.17, 15) is 4.79 Å². The van der Waals surface area contributed by atoms with Gasteiger partial charge in [0.25, 0.3) is 0 Å². The Morgan fingerprint density at radius 2 is 1.83 bits per heavy atom. The Kier molecular flexibility index (Phi) is 7.97. The van der Waals surface area contributed by atoms with Gasteiger partial charge in [0.15, 0.2) is 0 Å². The van der Waals surface area contributed by atoms with Crippen molar-refractivity contribution in [2.45, 2.75) is 83.9 Å². The summed E-state index contributed by atoms with van der Waals surface area (Å²) in [4.78, 5) is 10.4. The molecule has 2 heteroatoms. The van der Waals surface area contributed by atoms with Crippen LogP contribution in [0.1, 0.15) is 90.7 Å². The first-order valence-corrected chi connectivity index (χ1v) is 7.04. The van der Waals surface area contributed by atoms with E-state index in [1.807, 2.05) is 6.92 Å². The summed E-state index contributed by atoms with van der Waals surface area (Å²) >= 11 is 0. The van der Waals surface area contributed by atoms with Crippen LogP contribution in [-0.2, 0) is 4.79 Å². The largest absolute Gasteiger partial charge is 0.481 e. The summed E-state index contributed by atoms with van der Waals surface area (Å²) in [6.45, 7) is 2.02. The molecule has 0 atom stereocenters. The van der Waals surface area contributed by atoms with Crippen molar-refractivity contribution in [1.82, 2.24) is 0 Å². The lowest BCUT2D eigenvalue weighted by atomic mass is 10.1. The molecule has 0 saturated carbocycles. The number of carbonyl (C=O) groups is 1. The third-order valence-corrected chi connectivity index (χ3v) is 2.66. The van der Waals surface area contributed by atoms with Gasteiger partial charge in [0, 0.05) is 11.9 Å². The minimum absolute atomic E-state index is 0.0723. The maximum Gasteiger partial charge on any atom is 0.303 e. The standard InChI is InChI=1S/C16H30O2/c1-2-3-4-5-6-7-8-9-10-11-12-13-14-15-16(17)18/h5-6H,2-4,7-15H2,1H3,(H,17,18)/b6-5-/i6D,7D2,8D2. The number of unbranched alkanes of at least 4 members (excludes halogenated alkanes) is 6. The van der Waals surface area contributed by atoms with Gasteiger partial charge in [-0.3, -0.25) is 4.79 Å². The summed E-state index contributed by atoms with van der Waals surface area (Å²) in [6, 6.07) is -0.266. The van der Waals surface area contributed by atoms with Crippen molar-refractivity contribution < 1.29 is 16.8 Å². The van der Waals surface area contributed by atoms with Crippen LogP contribution >= 0.6 is 0 Å². The second kappa shape index (κ2) is 14.3. The molecule has 0 radical (unpaired) electrons. The number of aliphatic carboxylic acids is 1. The Labute approximate surface area is 120 Å². The number of carboxylic acid groups (broad SMARTS) is 1. The summed E-state index contributed by atoms with van der Waals surface area (Å²) in [5, 5.41) is 8.53. The molecule has 0 heterocycles. The first-order valence-electron chi connectivity index (χ1n) is 9.54. The number of allylic oxidation sites excluding steroid dienone is 2. The molecule has 0 aromatic heterocycles. The lowest BCUT2D eigenvalue weighted by Gasteiger charge is -2.00. The fourth-order valence-corrected chi connectivity index (χ4v) is 1.56. The Hall–Kier alpha value is -0.790. The third kappa shape index (κ3) is 15.2. The van der Waals surface area contributed by atoms with Crippen LogP contribution in [0.15, 0.2) is 12.1 Å². The van der Waals surface area contributed by atoms with Crippen LogP contribution in [0.3, 0.4) is 0 Å². The van der Waals surface area contributed by atoms with Crippen molar-refractivity contribution in [2.75, 3.05) is 0 Å². The molecule has 0 aliphatic rings. The molecule has 0 unspecified atom stereocenters. The van der Waals surface area contributed by atoms with Crippen LogP contribution in [0.5, 0.6) is 0 Å². The topological polar surface area (TPSA) is 37.3 Å². The fraction of sp³-hybridized carbons (Fsp3) is 0.812. The van der Waals surface area contributed by atoms with Crippen molar-refractivity contribution in [2.24, 2.45) is 0 Å². The van der Waals surface area contributed by atoms with E-state index in [4.69, 9.17) is 12.0 Å². The van der Waals surface area contributed by atoms with E-state index in [-0.39, 0.29) is 18.9 Å². The van der Waals surface area contributed by atoms with Crippen molar-refractivity contribution in [3.63, 3.8) is 0 Å². The van der Waals surface area contributed by atoms with Crippen molar-refractivity contribution >= 4 is 5.97 Å². The Bertz CT molecular complexity index is 381. The zero-order valence-corrected chi connectivity index (χ0v) is 11.5. The molecule has 2 nitrogen and oxygen atoms in total. The molecule has 0 aliphatic carbocycles. The molecule has 1 N–H and O–H groups in total. The van der Waals surface area contributed by atoms with E-state index in [1.165, 1.54) is 6.08 Å². The Morgan fingerprint density at radius 1 is 1.17 bits per heavy atom. The van der Waals surface area contributed by atoms with E-state index in [0.717, 1.165) is 32.1 Å². The van der Waals surface area contributed by atoms with Crippen molar-refractivity contribution in [3.8, 4) is 0 Å². The summed E-state index contributed by atoms with van der Waals surface area (Å²) in [5.74, 6) is -0.799. The van der Waals surface area contributed by atoms with Crippen molar-refractivity contribution in [1.29, 1.82) is 0 Å². The van der Waals surface area contributed by atoms with Gasteiger partial charge in [-0.2, -0.15) is 0 Å². The summed E-state index contributed by atoms with van der Waals surface area (Å²) < 4.78 is 39.6. The van der Waals surface area contributed by atoms with Gasteiger partial charge in [0.1, 0.15) is 0 Å². The summed E-state index contributed by atoms with van der Waals surface area (Å²) in [7, 11) is 0. The van der Waals surface area contributed by atoms with Gasteiger partial charge in [-0.15, -0.1) is 0 Å². The zero-order valence-electron chi connectivity index (χ0n) is 16.5. The Morgan fingerprint density at radius 3 is 2.50 bits per heavy atom. The van der Waals surface area contributed by atoms with Gasteiger partial charge in [-0.05, 0) is 25.6 Å². The van der Waals surface area contributed by atoms with Crippen LogP contribution in [0.4, 0.5) is 0 Å². The van der Waals surface area contributed by atoms with Gasteiger partial charge in [0.05, 0.1) is 1.37 Å². The molecule has 106 valence electrons. The molecule has 0 aromatic rings. The number of carboxylic acids is 1. The normalized spacial score (nSPS) is 17.4. The van der Waals surface area contributed by atoms with Crippen molar-refractivity contribution in [3.05, 3.63) is 12.1 Å². The smallest absolute Gasteiger partial charge is 0.303 e. The summed E-state index contributed by atoms with van der Waals surface area (Å²) in [5.41, 5.74) is 0. The van der Waals surface area contributed by atoms with Crippen LogP contribution in [0.2, 0.25) is 0 Å².